The highest BCUT2D eigenvalue weighted by molar-refractivity contribution is 6.14. The number of aromatic amines is 1. The predicted octanol–water partition coefficient (Wildman–Crippen LogP) is 3.88. The summed E-state index contributed by atoms with van der Waals surface area (Å²) >= 11 is 0. The number of hydrogen-bond donors (Lipinski definition) is 1. The van der Waals surface area contributed by atoms with E-state index in [-0.39, 0.29) is 0 Å². The fourth-order valence-corrected chi connectivity index (χ4v) is 2.67. The van der Waals surface area contributed by atoms with E-state index in [0.717, 1.165) is 38.6 Å². The van der Waals surface area contributed by atoms with E-state index in [1.54, 1.807) is 7.11 Å². The molecule has 0 aliphatic rings. The minimum absolute atomic E-state index is 0.872. The first kappa shape index (κ1) is 10.4. The topological polar surface area (TPSA) is 37.9 Å². The highest BCUT2D eigenvalue weighted by Crippen LogP contribution is 2.37. The van der Waals surface area contributed by atoms with Gasteiger partial charge >= 0.3 is 0 Å². The number of methoxy groups -OCH3 is 1. The van der Waals surface area contributed by atoms with Gasteiger partial charge in [-0.05, 0) is 18.2 Å². The summed E-state index contributed by atoms with van der Waals surface area (Å²) in [7, 11) is 1.71. The maximum Gasteiger partial charge on any atom is 0.142 e. The van der Waals surface area contributed by atoms with Gasteiger partial charge < -0.3 is 9.72 Å². The zero-order chi connectivity index (χ0) is 12.8. The van der Waals surface area contributed by atoms with Gasteiger partial charge in [0.05, 0.1) is 18.0 Å². The number of fused-ring (bicyclic) bond motifs is 4. The highest BCUT2D eigenvalue weighted by atomic mass is 16.5. The first-order chi connectivity index (χ1) is 9.38. The molecule has 2 heterocycles. The molecule has 0 radical (unpaired) electrons. The molecule has 3 nitrogen and oxygen atoms in total. The molecule has 0 spiro atoms. The second kappa shape index (κ2) is 3.72. The molecule has 3 heteroatoms. The lowest BCUT2D eigenvalue weighted by atomic mass is 10.1. The number of para-hydroxylation sites is 2. The molecule has 1 N–H and O–H groups in total. The first-order valence-corrected chi connectivity index (χ1v) is 6.21. The summed E-state index contributed by atoms with van der Waals surface area (Å²) in [6, 6.07) is 16.2. The number of nitrogens with one attached hydrogen (secondary N) is 1. The minimum atomic E-state index is 0.872. The van der Waals surface area contributed by atoms with Crippen LogP contribution in [0.5, 0.6) is 5.75 Å². The van der Waals surface area contributed by atoms with Gasteiger partial charge in [-0.15, -0.1) is 0 Å². The molecule has 0 saturated carbocycles. The Kier molecular flexibility index (Phi) is 2.03. The molecule has 0 saturated heterocycles. The van der Waals surface area contributed by atoms with Crippen LogP contribution in [-0.2, 0) is 0 Å². The van der Waals surface area contributed by atoms with Crippen molar-refractivity contribution in [2.75, 3.05) is 7.11 Å². The predicted molar refractivity (Wildman–Crippen MR) is 77.7 cm³/mol. The van der Waals surface area contributed by atoms with E-state index in [9.17, 15) is 0 Å². The van der Waals surface area contributed by atoms with E-state index in [0.29, 0.717) is 0 Å². The van der Waals surface area contributed by atoms with Crippen LogP contribution in [0.4, 0.5) is 0 Å². The van der Waals surface area contributed by atoms with Crippen molar-refractivity contribution in [3.63, 3.8) is 0 Å². The number of aromatic nitrogens is 2. The Hall–Kier alpha value is -2.55. The summed E-state index contributed by atoms with van der Waals surface area (Å²) in [5.74, 6) is 0.887. The molecule has 2 aromatic carbocycles. The van der Waals surface area contributed by atoms with Crippen LogP contribution in [0.2, 0.25) is 0 Å². The molecule has 2 aromatic heterocycles. The molecule has 0 unspecified atom stereocenters. The number of hydrogen-bond acceptors (Lipinski definition) is 2. The average molecular weight is 248 g/mol. The molecule has 0 aliphatic carbocycles. The van der Waals surface area contributed by atoms with E-state index in [1.807, 2.05) is 36.4 Å². The van der Waals surface area contributed by atoms with E-state index >= 15 is 0 Å². The Labute approximate surface area is 109 Å². The largest absolute Gasteiger partial charge is 0.495 e. The Balaban J connectivity index is 2.33. The van der Waals surface area contributed by atoms with Gasteiger partial charge in [0.25, 0.3) is 0 Å². The lowest BCUT2D eigenvalue weighted by Crippen LogP contribution is -1.89. The molecule has 0 aliphatic heterocycles. The van der Waals surface area contributed by atoms with E-state index in [1.165, 1.54) is 0 Å². The van der Waals surface area contributed by atoms with Crippen LogP contribution < -0.4 is 4.74 Å². The summed E-state index contributed by atoms with van der Waals surface area (Å²) < 4.78 is 5.65. The smallest absolute Gasteiger partial charge is 0.142 e. The lowest BCUT2D eigenvalue weighted by molar-refractivity contribution is 0.425. The Morgan fingerprint density at radius 2 is 1.68 bits per heavy atom. The Morgan fingerprint density at radius 1 is 0.947 bits per heavy atom. The average Bonchev–Trinajstić information content (AvgIpc) is 2.82. The number of pyridine rings is 1. The molecule has 0 fully saturated rings. The van der Waals surface area contributed by atoms with Crippen molar-refractivity contribution in [1.82, 2.24) is 9.97 Å². The third-order valence-corrected chi connectivity index (χ3v) is 3.50. The van der Waals surface area contributed by atoms with Gasteiger partial charge in [0.1, 0.15) is 11.4 Å². The van der Waals surface area contributed by atoms with Crippen molar-refractivity contribution >= 4 is 32.8 Å². The van der Waals surface area contributed by atoms with Crippen LogP contribution in [0.1, 0.15) is 0 Å². The zero-order valence-corrected chi connectivity index (χ0v) is 10.5. The fourth-order valence-electron chi connectivity index (χ4n) is 2.67. The van der Waals surface area contributed by atoms with Crippen molar-refractivity contribution < 1.29 is 4.74 Å². The SMILES string of the molecule is COc1c2ccccc2nc2[nH]c3ccccc3c12. The molecule has 0 amide bonds. The van der Waals surface area contributed by atoms with Crippen molar-refractivity contribution in [3.8, 4) is 5.75 Å². The van der Waals surface area contributed by atoms with Crippen molar-refractivity contribution in [3.05, 3.63) is 48.5 Å². The maximum absolute atomic E-state index is 5.65. The van der Waals surface area contributed by atoms with Gasteiger partial charge in [-0.1, -0.05) is 30.3 Å². The van der Waals surface area contributed by atoms with Gasteiger partial charge in [-0.2, -0.15) is 0 Å². The summed E-state index contributed by atoms with van der Waals surface area (Å²) in [5.41, 5.74) is 2.90. The molecule has 19 heavy (non-hydrogen) atoms. The Bertz CT molecular complexity index is 908. The van der Waals surface area contributed by atoms with Crippen molar-refractivity contribution in [2.45, 2.75) is 0 Å². The third kappa shape index (κ3) is 1.35. The quantitative estimate of drug-likeness (QED) is 0.555. The van der Waals surface area contributed by atoms with E-state index < -0.39 is 0 Å². The second-order valence-corrected chi connectivity index (χ2v) is 4.56. The number of nitrogens with zero attached hydrogens (tertiary/aromatic N) is 1. The molecule has 0 atom stereocenters. The number of rotatable bonds is 1. The highest BCUT2D eigenvalue weighted by Gasteiger charge is 2.14. The van der Waals surface area contributed by atoms with Crippen molar-refractivity contribution in [1.29, 1.82) is 0 Å². The number of ether oxygens (including phenoxy) is 1. The van der Waals surface area contributed by atoms with Gasteiger partial charge in [0.2, 0.25) is 0 Å². The molecule has 4 aromatic rings. The Morgan fingerprint density at radius 3 is 2.53 bits per heavy atom. The van der Waals surface area contributed by atoms with E-state index in [4.69, 9.17) is 4.74 Å². The van der Waals surface area contributed by atoms with E-state index in [2.05, 4.69) is 22.1 Å². The maximum atomic E-state index is 5.65. The zero-order valence-electron chi connectivity index (χ0n) is 10.5. The molecular formula is C16H12N2O. The third-order valence-electron chi connectivity index (χ3n) is 3.50. The molecule has 92 valence electrons. The van der Waals surface area contributed by atoms with Gasteiger partial charge in [-0.3, -0.25) is 0 Å². The van der Waals surface area contributed by atoms with Crippen LogP contribution in [0.25, 0.3) is 32.8 Å². The van der Waals surface area contributed by atoms with Crippen LogP contribution >= 0.6 is 0 Å². The minimum Gasteiger partial charge on any atom is -0.495 e. The van der Waals surface area contributed by atoms with Gasteiger partial charge in [0.15, 0.2) is 0 Å². The lowest BCUT2D eigenvalue weighted by Gasteiger charge is -2.06. The van der Waals surface area contributed by atoms with Crippen LogP contribution in [0.3, 0.4) is 0 Å². The monoisotopic (exact) mass is 248 g/mol. The molecule has 0 bridgehead atoms. The standard InChI is InChI=1S/C16H12N2O/c1-19-15-11-7-3-5-9-13(11)18-16-14(15)10-6-2-4-8-12(10)17-16/h2-9H,1H3,(H,17,18). The number of H-pyrrole nitrogens is 1. The second-order valence-electron chi connectivity index (χ2n) is 4.56. The summed E-state index contributed by atoms with van der Waals surface area (Å²) in [6.07, 6.45) is 0. The van der Waals surface area contributed by atoms with Crippen LogP contribution in [0.15, 0.2) is 48.5 Å². The fraction of sp³-hybridized carbons (Fsp3) is 0.0625. The van der Waals surface area contributed by atoms with Gasteiger partial charge in [0, 0.05) is 16.3 Å². The normalized spacial score (nSPS) is 11.4. The van der Waals surface area contributed by atoms with Crippen molar-refractivity contribution in [2.24, 2.45) is 0 Å². The first-order valence-electron chi connectivity index (χ1n) is 6.21. The molecular weight excluding hydrogens is 236 g/mol. The number of benzene rings is 2. The molecule has 4 rings (SSSR count). The van der Waals surface area contributed by atoms with Gasteiger partial charge in [-0.25, -0.2) is 4.98 Å². The summed E-state index contributed by atoms with van der Waals surface area (Å²) in [6.45, 7) is 0. The summed E-state index contributed by atoms with van der Waals surface area (Å²) in [4.78, 5) is 8.04. The summed E-state index contributed by atoms with van der Waals surface area (Å²) in [5, 5.41) is 3.24. The van der Waals surface area contributed by atoms with Crippen LogP contribution in [-0.4, -0.2) is 17.1 Å². The van der Waals surface area contributed by atoms with Crippen LogP contribution in [0, 0.1) is 0 Å².